The van der Waals surface area contributed by atoms with Crippen molar-refractivity contribution in [2.24, 2.45) is 0 Å². The Bertz CT molecular complexity index is 134. The summed E-state index contributed by atoms with van der Waals surface area (Å²) in [6.45, 7) is 0. The molecule has 1 heterocycles. The zero-order valence-corrected chi connectivity index (χ0v) is 5.60. The Morgan fingerprint density at radius 3 is 2.70 bits per heavy atom. The molecule has 3 atom stereocenters. The van der Waals surface area contributed by atoms with Gasteiger partial charge in [0.15, 0.2) is 0 Å². The highest BCUT2D eigenvalue weighted by Gasteiger charge is 2.28. The maximum atomic E-state index is 9.09. The second kappa shape index (κ2) is 3.01. The molecule has 0 fully saturated rings. The molecule has 0 bridgehead atoms. The van der Waals surface area contributed by atoms with Gasteiger partial charge in [0.1, 0.15) is 12.2 Å². The molecule has 3 unspecified atom stereocenters. The van der Waals surface area contributed by atoms with Gasteiger partial charge in [0.05, 0.1) is 6.26 Å². The number of rotatable bonds is 1. The van der Waals surface area contributed by atoms with Crippen LogP contribution in [0.4, 0.5) is 0 Å². The van der Waals surface area contributed by atoms with Gasteiger partial charge in [-0.3, -0.25) is 0 Å². The molecule has 4 nitrogen and oxygen atoms in total. The minimum absolute atomic E-state index is 0.750. The first-order valence-corrected chi connectivity index (χ1v) is 2.97. The van der Waals surface area contributed by atoms with Crippen LogP contribution in [0.2, 0.25) is 0 Å². The van der Waals surface area contributed by atoms with Gasteiger partial charge in [-0.15, -0.1) is 0 Å². The zero-order valence-electron chi connectivity index (χ0n) is 5.60. The highest BCUT2D eigenvalue weighted by Crippen LogP contribution is 2.11. The van der Waals surface area contributed by atoms with Crippen LogP contribution in [0.1, 0.15) is 0 Å². The molecular formula is C6H10O4. The average Bonchev–Trinajstić information content (AvgIpc) is 1.95. The van der Waals surface area contributed by atoms with Gasteiger partial charge in [-0.2, -0.15) is 0 Å². The molecule has 0 aromatic rings. The van der Waals surface area contributed by atoms with E-state index >= 15 is 0 Å². The van der Waals surface area contributed by atoms with E-state index in [2.05, 4.69) is 0 Å². The van der Waals surface area contributed by atoms with Crippen LogP contribution in [0.25, 0.3) is 0 Å². The Morgan fingerprint density at radius 2 is 2.20 bits per heavy atom. The van der Waals surface area contributed by atoms with Crippen molar-refractivity contribution < 1.29 is 19.7 Å². The number of hydrogen-bond acceptors (Lipinski definition) is 4. The normalized spacial score (nSPS) is 39.3. The van der Waals surface area contributed by atoms with Gasteiger partial charge >= 0.3 is 0 Å². The molecule has 1 aliphatic rings. The van der Waals surface area contributed by atoms with Crippen LogP contribution >= 0.6 is 0 Å². The summed E-state index contributed by atoms with van der Waals surface area (Å²) in [4.78, 5) is 0. The summed E-state index contributed by atoms with van der Waals surface area (Å²) in [6.07, 6.45) is 0.0415. The topological polar surface area (TPSA) is 58.9 Å². The van der Waals surface area contributed by atoms with Crippen LogP contribution in [0.3, 0.4) is 0 Å². The SMILES string of the molecule is COC1OC=CC(O)C1O. The summed E-state index contributed by atoms with van der Waals surface area (Å²) in [7, 11) is 1.40. The second-order valence-corrected chi connectivity index (χ2v) is 2.05. The third-order valence-corrected chi connectivity index (χ3v) is 1.35. The van der Waals surface area contributed by atoms with E-state index in [1.165, 1.54) is 19.4 Å². The lowest BCUT2D eigenvalue weighted by Gasteiger charge is -2.26. The summed E-state index contributed by atoms with van der Waals surface area (Å²) in [5.74, 6) is 0. The van der Waals surface area contributed by atoms with E-state index in [1.807, 2.05) is 0 Å². The number of aliphatic hydroxyl groups excluding tert-OH is 2. The van der Waals surface area contributed by atoms with Crippen molar-refractivity contribution >= 4 is 0 Å². The Balaban J connectivity index is 2.56. The van der Waals surface area contributed by atoms with Crippen molar-refractivity contribution in [3.8, 4) is 0 Å². The van der Waals surface area contributed by atoms with E-state index < -0.39 is 18.5 Å². The average molecular weight is 146 g/mol. The van der Waals surface area contributed by atoms with Crippen LogP contribution in [-0.4, -0.2) is 35.8 Å². The van der Waals surface area contributed by atoms with Gasteiger partial charge in [-0.1, -0.05) is 0 Å². The number of aliphatic hydroxyl groups is 2. The maximum absolute atomic E-state index is 9.09. The molecule has 0 aliphatic carbocycles. The Labute approximate surface area is 58.7 Å². The molecule has 2 N–H and O–H groups in total. The molecule has 0 spiro atoms. The van der Waals surface area contributed by atoms with Crippen LogP contribution < -0.4 is 0 Å². The smallest absolute Gasteiger partial charge is 0.227 e. The standard InChI is InChI=1S/C6H10O4/c1-9-6-5(8)4(7)2-3-10-6/h2-8H,1H3. The summed E-state index contributed by atoms with van der Waals surface area (Å²) >= 11 is 0. The molecule has 0 aromatic carbocycles. The minimum atomic E-state index is -0.991. The number of methoxy groups -OCH3 is 1. The van der Waals surface area contributed by atoms with Gasteiger partial charge in [0.25, 0.3) is 0 Å². The molecule has 10 heavy (non-hydrogen) atoms. The molecule has 58 valence electrons. The monoisotopic (exact) mass is 146 g/mol. The third-order valence-electron chi connectivity index (χ3n) is 1.35. The first-order chi connectivity index (χ1) is 4.75. The van der Waals surface area contributed by atoms with Crippen molar-refractivity contribution in [3.63, 3.8) is 0 Å². The van der Waals surface area contributed by atoms with Crippen LogP contribution in [0.15, 0.2) is 12.3 Å². The summed E-state index contributed by atoms with van der Waals surface area (Å²) < 4.78 is 9.49. The van der Waals surface area contributed by atoms with Gasteiger partial charge in [0, 0.05) is 7.11 Å². The van der Waals surface area contributed by atoms with Crippen molar-refractivity contribution in [3.05, 3.63) is 12.3 Å². The van der Waals surface area contributed by atoms with Crippen LogP contribution in [-0.2, 0) is 9.47 Å². The van der Waals surface area contributed by atoms with Gasteiger partial charge in [0.2, 0.25) is 6.29 Å². The maximum Gasteiger partial charge on any atom is 0.227 e. The highest BCUT2D eigenvalue weighted by molar-refractivity contribution is 4.93. The van der Waals surface area contributed by atoms with Gasteiger partial charge in [-0.25, -0.2) is 0 Å². The van der Waals surface area contributed by atoms with Crippen LogP contribution in [0.5, 0.6) is 0 Å². The lowest BCUT2D eigenvalue weighted by atomic mass is 10.2. The van der Waals surface area contributed by atoms with E-state index in [0.29, 0.717) is 0 Å². The number of ether oxygens (including phenoxy) is 2. The molecule has 4 heteroatoms. The second-order valence-electron chi connectivity index (χ2n) is 2.05. The third kappa shape index (κ3) is 1.29. The quantitative estimate of drug-likeness (QED) is 0.509. The molecular weight excluding hydrogens is 136 g/mol. The fourth-order valence-corrected chi connectivity index (χ4v) is 0.754. The van der Waals surface area contributed by atoms with E-state index in [1.54, 1.807) is 0 Å². The molecule has 0 radical (unpaired) electrons. The van der Waals surface area contributed by atoms with Crippen molar-refractivity contribution in [2.45, 2.75) is 18.5 Å². The molecule has 0 amide bonds. The molecule has 1 aliphatic heterocycles. The van der Waals surface area contributed by atoms with Crippen molar-refractivity contribution in [1.29, 1.82) is 0 Å². The Kier molecular flexibility index (Phi) is 2.26. The highest BCUT2D eigenvalue weighted by atomic mass is 16.7. The predicted molar refractivity (Wildman–Crippen MR) is 33.0 cm³/mol. The first kappa shape index (κ1) is 7.53. The molecule has 0 aromatic heterocycles. The predicted octanol–water partition coefficient (Wildman–Crippen LogP) is -0.775. The summed E-state index contributed by atoms with van der Waals surface area (Å²) in [5, 5.41) is 18.1. The van der Waals surface area contributed by atoms with E-state index in [4.69, 9.17) is 19.7 Å². The number of hydrogen-bond donors (Lipinski definition) is 2. The van der Waals surface area contributed by atoms with Crippen molar-refractivity contribution in [2.75, 3.05) is 7.11 Å². The van der Waals surface area contributed by atoms with Gasteiger partial charge < -0.3 is 19.7 Å². The molecule has 1 rings (SSSR count). The molecule has 0 saturated heterocycles. The lowest BCUT2D eigenvalue weighted by Crippen LogP contribution is -2.40. The lowest BCUT2D eigenvalue weighted by molar-refractivity contribution is -0.181. The Hall–Kier alpha value is -0.580. The van der Waals surface area contributed by atoms with E-state index in [-0.39, 0.29) is 0 Å². The van der Waals surface area contributed by atoms with E-state index in [9.17, 15) is 0 Å². The fourth-order valence-electron chi connectivity index (χ4n) is 0.754. The van der Waals surface area contributed by atoms with Crippen molar-refractivity contribution in [1.82, 2.24) is 0 Å². The van der Waals surface area contributed by atoms with Gasteiger partial charge in [-0.05, 0) is 6.08 Å². The fraction of sp³-hybridized carbons (Fsp3) is 0.667. The molecule has 0 saturated carbocycles. The summed E-state index contributed by atoms with van der Waals surface area (Å²) in [6, 6.07) is 0. The first-order valence-electron chi connectivity index (χ1n) is 2.97. The summed E-state index contributed by atoms with van der Waals surface area (Å²) in [5.41, 5.74) is 0. The largest absolute Gasteiger partial charge is 0.470 e. The van der Waals surface area contributed by atoms with Crippen LogP contribution in [0, 0.1) is 0 Å². The zero-order chi connectivity index (χ0) is 7.56. The Morgan fingerprint density at radius 1 is 1.50 bits per heavy atom. The van der Waals surface area contributed by atoms with E-state index in [0.717, 1.165) is 0 Å². The minimum Gasteiger partial charge on any atom is -0.470 e.